The first-order valence-electron chi connectivity index (χ1n) is 9.67. The SMILES string of the molecule is O=C(Nc1cc(N2C=CC=CC=N2)c(F)cc1C(=O)Nc1ccc(Cl)cn1)c1ccccn1. The van der Waals surface area contributed by atoms with Gasteiger partial charge in [0.2, 0.25) is 0 Å². The van der Waals surface area contributed by atoms with Gasteiger partial charge in [0.05, 0.1) is 16.3 Å². The molecule has 8 nitrogen and oxygen atoms in total. The van der Waals surface area contributed by atoms with Gasteiger partial charge in [0.25, 0.3) is 11.8 Å². The maximum atomic E-state index is 15.1. The van der Waals surface area contributed by atoms with E-state index in [1.165, 1.54) is 41.8 Å². The van der Waals surface area contributed by atoms with Gasteiger partial charge in [0.15, 0.2) is 0 Å². The summed E-state index contributed by atoms with van der Waals surface area (Å²) in [4.78, 5) is 33.7. The van der Waals surface area contributed by atoms with Gasteiger partial charge >= 0.3 is 0 Å². The van der Waals surface area contributed by atoms with Gasteiger partial charge in [-0.1, -0.05) is 23.7 Å². The summed E-state index contributed by atoms with van der Waals surface area (Å²) in [5.41, 5.74) is 0.113. The van der Waals surface area contributed by atoms with E-state index in [9.17, 15) is 9.59 Å². The van der Waals surface area contributed by atoms with Crippen molar-refractivity contribution in [3.8, 4) is 0 Å². The zero-order valence-electron chi connectivity index (χ0n) is 16.9. The lowest BCUT2D eigenvalue weighted by atomic mass is 10.1. The van der Waals surface area contributed by atoms with Crippen molar-refractivity contribution in [3.05, 3.63) is 101 Å². The first-order chi connectivity index (χ1) is 16.0. The molecule has 4 rings (SSSR count). The van der Waals surface area contributed by atoms with Crippen molar-refractivity contribution >= 4 is 46.8 Å². The Morgan fingerprint density at radius 1 is 0.970 bits per heavy atom. The summed E-state index contributed by atoms with van der Waals surface area (Å²) in [5.74, 6) is -1.75. The van der Waals surface area contributed by atoms with Gasteiger partial charge in [-0.2, -0.15) is 5.10 Å². The quantitative estimate of drug-likeness (QED) is 0.575. The third-order valence-corrected chi connectivity index (χ3v) is 4.64. The molecule has 0 atom stereocenters. The lowest BCUT2D eigenvalue weighted by molar-refractivity contribution is 0.102. The normalized spacial score (nSPS) is 12.4. The molecule has 0 unspecified atom stereocenters. The van der Waals surface area contributed by atoms with E-state index in [4.69, 9.17) is 11.6 Å². The fourth-order valence-electron chi connectivity index (χ4n) is 2.88. The molecule has 1 aliphatic rings. The molecule has 0 aliphatic carbocycles. The minimum Gasteiger partial charge on any atom is -0.320 e. The average Bonchev–Trinajstić information content (AvgIpc) is 3.11. The Kier molecular flexibility index (Phi) is 6.51. The van der Waals surface area contributed by atoms with Crippen LogP contribution in [0.2, 0.25) is 5.02 Å². The minimum absolute atomic E-state index is 0.0312. The Morgan fingerprint density at radius 3 is 2.61 bits per heavy atom. The highest BCUT2D eigenvalue weighted by Gasteiger charge is 2.21. The van der Waals surface area contributed by atoms with Crippen LogP contribution in [0, 0.1) is 5.82 Å². The standard InChI is InChI=1S/C23H16ClFN6O2/c24-15-7-8-21(27-14-15)30-22(32)16-12-17(25)20(31-11-5-1-3-10-28-31)13-19(16)29-23(33)18-6-2-4-9-26-18/h1-14H,(H,29,33)(H,27,30,32). The Hall–Kier alpha value is -4.37. The zero-order chi connectivity index (χ0) is 23.2. The molecular formula is C23H16ClFN6O2. The van der Waals surface area contributed by atoms with Gasteiger partial charge < -0.3 is 10.6 Å². The third-order valence-electron chi connectivity index (χ3n) is 4.42. The number of carbonyl (C=O) groups is 2. The molecule has 0 saturated carbocycles. The Bertz CT molecular complexity index is 1260. The molecule has 0 saturated heterocycles. The topological polar surface area (TPSA) is 99.6 Å². The number of benzene rings is 1. The van der Waals surface area contributed by atoms with Crippen molar-refractivity contribution in [2.75, 3.05) is 15.6 Å². The van der Waals surface area contributed by atoms with Gasteiger partial charge in [0, 0.05) is 24.8 Å². The molecule has 0 spiro atoms. The summed E-state index contributed by atoms with van der Waals surface area (Å²) in [6, 6.07) is 10.2. The van der Waals surface area contributed by atoms with E-state index in [1.54, 1.807) is 42.6 Å². The van der Waals surface area contributed by atoms with Crippen LogP contribution in [0.15, 0.2) is 84.4 Å². The van der Waals surface area contributed by atoms with Crippen molar-refractivity contribution in [1.29, 1.82) is 0 Å². The van der Waals surface area contributed by atoms with Gasteiger partial charge in [-0.3, -0.25) is 14.6 Å². The first-order valence-corrected chi connectivity index (χ1v) is 10.0. The number of hydrogen-bond acceptors (Lipinski definition) is 6. The smallest absolute Gasteiger partial charge is 0.274 e. The lowest BCUT2D eigenvalue weighted by Crippen LogP contribution is -2.21. The number of nitrogens with zero attached hydrogens (tertiary/aromatic N) is 4. The highest BCUT2D eigenvalue weighted by atomic mass is 35.5. The van der Waals surface area contributed by atoms with Crippen molar-refractivity contribution in [2.24, 2.45) is 5.10 Å². The predicted octanol–water partition coefficient (Wildman–Crippen LogP) is 4.65. The summed E-state index contributed by atoms with van der Waals surface area (Å²) in [6.07, 6.45) is 10.9. The van der Waals surface area contributed by atoms with Crippen LogP contribution in [-0.2, 0) is 0 Å². The number of halogens is 2. The molecule has 0 bridgehead atoms. The number of aromatic nitrogens is 2. The molecule has 1 aromatic carbocycles. The summed E-state index contributed by atoms with van der Waals surface area (Å²) >= 11 is 5.83. The monoisotopic (exact) mass is 462 g/mol. The van der Waals surface area contributed by atoms with Gasteiger partial charge in [-0.15, -0.1) is 0 Å². The number of nitrogens with one attached hydrogen (secondary N) is 2. The van der Waals surface area contributed by atoms with Crippen LogP contribution < -0.4 is 15.6 Å². The van der Waals surface area contributed by atoms with E-state index in [1.807, 2.05) is 0 Å². The zero-order valence-corrected chi connectivity index (χ0v) is 17.7. The van der Waals surface area contributed by atoms with E-state index in [-0.39, 0.29) is 28.5 Å². The van der Waals surface area contributed by atoms with Gasteiger partial charge in [-0.25, -0.2) is 14.4 Å². The number of anilines is 3. The summed E-state index contributed by atoms with van der Waals surface area (Å²) in [5, 5.41) is 11.0. The lowest BCUT2D eigenvalue weighted by Gasteiger charge is -2.18. The average molecular weight is 463 g/mol. The number of hydrazone groups is 1. The molecule has 0 fully saturated rings. The van der Waals surface area contributed by atoms with Crippen LogP contribution in [-0.4, -0.2) is 28.0 Å². The number of pyridine rings is 2. The molecule has 3 aromatic rings. The second-order valence-electron chi connectivity index (χ2n) is 6.67. The minimum atomic E-state index is -0.719. The van der Waals surface area contributed by atoms with Crippen molar-refractivity contribution in [2.45, 2.75) is 0 Å². The number of carbonyl (C=O) groups excluding carboxylic acids is 2. The van der Waals surface area contributed by atoms with Crippen molar-refractivity contribution in [3.63, 3.8) is 0 Å². The molecule has 33 heavy (non-hydrogen) atoms. The van der Waals surface area contributed by atoms with Crippen molar-refractivity contribution < 1.29 is 14.0 Å². The molecule has 0 radical (unpaired) electrons. The van der Waals surface area contributed by atoms with Crippen molar-refractivity contribution in [1.82, 2.24) is 9.97 Å². The largest absolute Gasteiger partial charge is 0.320 e. The van der Waals surface area contributed by atoms with Gasteiger partial charge in [0.1, 0.15) is 23.0 Å². The van der Waals surface area contributed by atoms with E-state index >= 15 is 4.39 Å². The fraction of sp³-hybridized carbons (Fsp3) is 0. The maximum Gasteiger partial charge on any atom is 0.274 e. The van der Waals surface area contributed by atoms with E-state index < -0.39 is 17.6 Å². The highest BCUT2D eigenvalue weighted by Crippen LogP contribution is 2.29. The van der Waals surface area contributed by atoms with E-state index in [0.717, 1.165) is 6.07 Å². The summed E-state index contributed by atoms with van der Waals surface area (Å²) in [7, 11) is 0. The molecule has 164 valence electrons. The highest BCUT2D eigenvalue weighted by molar-refractivity contribution is 6.30. The number of rotatable bonds is 5. The molecule has 1 aliphatic heterocycles. The van der Waals surface area contributed by atoms with Crippen LogP contribution in [0.1, 0.15) is 20.8 Å². The molecule has 2 amide bonds. The molecule has 10 heteroatoms. The molecular weight excluding hydrogens is 447 g/mol. The van der Waals surface area contributed by atoms with Crippen LogP contribution in [0.5, 0.6) is 0 Å². The Labute approximate surface area is 193 Å². The van der Waals surface area contributed by atoms with Crippen LogP contribution in [0.3, 0.4) is 0 Å². The Morgan fingerprint density at radius 2 is 1.85 bits per heavy atom. The van der Waals surface area contributed by atoms with Gasteiger partial charge in [-0.05, 0) is 48.6 Å². The summed E-state index contributed by atoms with van der Waals surface area (Å²) < 4.78 is 15.1. The third kappa shape index (κ3) is 5.28. The number of amides is 2. The van der Waals surface area contributed by atoms with E-state index in [0.29, 0.717) is 5.02 Å². The second kappa shape index (κ2) is 9.84. The van der Waals surface area contributed by atoms with Crippen LogP contribution in [0.4, 0.5) is 21.6 Å². The predicted molar refractivity (Wildman–Crippen MR) is 125 cm³/mol. The summed E-state index contributed by atoms with van der Waals surface area (Å²) in [6.45, 7) is 0. The molecule has 2 aromatic heterocycles. The first kappa shape index (κ1) is 21.8. The molecule has 2 N–H and O–H groups in total. The van der Waals surface area contributed by atoms with Crippen LogP contribution >= 0.6 is 11.6 Å². The number of allylic oxidation sites excluding steroid dienone is 3. The second-order valence-corrected chi connectivity index (χ2v) is 7.11. The molecule has 3 heterocycles. The van der Waals surface area contributed by atoms with E-state index in [2.05, 4.69) is 25.7 Å². The fourth-order valence-corrected chi connectivity index (χ4v) is 2.99. The maximum absolute atomic E-state index is 15.1. The Balaban J connectivity index is 1.72. The number of hydrogen-bond donors (Lipinski definition) is 2. The van der Waals surface area contributed by atoms with Crippen LogP contribution in [0.25, 0.3) is 0 Å².